The molecule has 0 aliphatic carbocycles. The van der Waals surface area contributed by atoms with Gasteiger partial charge in [-0.15, -0.1) is 0 Å². The summed E-state index contributed by atoms with van der Waals surface area (Å²) in [6.45, 7) is 0. The Morgan fingerprint density at radius 1 is 0.640 bits per heavy atom. The van der Waals surface area contributed by atoms with Crippen LogP contribution in [0.2, 0.25) is 0 Å². The highest BCUT2D eigenvalue weighted by Crippen LogP contribution is 2.21. The van der Waals surface area contributed by atoms with Gasteiger partial charge in [-0.25, -0.2) is 8.42 Å². The van der Waals surface area contributed by atoms with Crippen LogP contribution in [0.3, 0.4) is 0 Å². The molecule has 0 saturated carbocycles. The Morgan fingerprint density at radius 3 is 1.16 bits per heavy atom. The van der Waals surface area contributed by atoms with Crippen LogP contribution >= 0.6 is 0 Å². The molecule has 132 valence electrons. The van der Waals surface area contributed by atoms with Crippen LogP contribution in [0.4, 0.5) is 0 Å². The molecule has 9 heteroatoms. The van der Waals surface area contributed by atoms with Crippen LogP contribution in [0, 0.1) is 0 Å². The quantitative estimate of drug-likeness (QED) is 0.384. The molecule has 0 spiro atoms. The molecule has 0 bridgehead atoms. The molecule has 0 saturated heterocycles. The Labute approximate surface area is 142 Å². The number of hydrogen-bond acceptors (Lipinski definition) is 6. The monoisotopic (exact) mass is 366 g/mol. The number of rotatable bonds is 6. The highest BCUT2D eigenvalue weighted by Gasteiger charge is 2.18. The second-order valence-corrected chi connectivity index (χ2v) is 6.47. The summed E-state index contributed by atoms with van der Waals surface area (Å²) in [5.74, 6) is -1.49. The smallest absolute Gasteiger partial charge is 0.225 e. The van der Waals surface area contributed by atoms with Gasteiger partial charge in [-0.05, 0) is 48.5 Å². The van der Waals surface area contributed by atoms with Gasteiger partial charge in [0.2, 0.25) is 21.4 Å². The molecular weight excluding hydrogens is 352 g/mol. The summed E-state index contributed by atoms with van der Waals surface area (Å²) in [6, 6.07) is 9.85. The van der Waals surface area contributed by atoms with Crippen molar-refractivity contribution in [3.05, 3.63) is 59.7 Å². The normalized spacial score (nSPS) is 9.92. The first-order chi connectivity index (χ1) is 10.9. The van der Waals surface area contributed by atoms with E-state index in [4.69, 9.17) is 0 Å². The van der Waals surface area contributed by atoms with Gasteiger partial charge in [-0.3, -0.25) is 19.2 Å². The van der Waals surface area contributed by atoms with E-state index >= 15 is 0 Å². The molecule has 8 nitrogen and oxygen atoms in total. The molecule has 0 aliphatic heterocycles. The van der Waals surface area contributed by atoms with Gasteiger partial charge in [0.25, 0.3) is 0 Å². The van der Waals surface area contributed by atoms with Crippen molar-refractivity contribution in [1.29, 1.82) is 0 Å². The number of hydrogen-bond donors (Lipinski definition) is 0. The summed E-state index contributed by atoms with van der Waals surface area (Å²) in [6.07, 6.45) is 0.290. The Hall–Kier alpha value is -3.01. The summed E-state index contributed by atoms with van der Waals surface area (Å²) in [7, 11) is -3.84. The molecule has 4 N–H and O–H groups in total. The third-order valence-corrected chi connectivity index (χ3v) is 4.90. The molecule has 0 aliphatic rings. The Balaban J connectivity index is 0.00000288. The zero-order valence-corrected chi connectivity index (χ0v) is 13.4. The maximum atomic E-state index is 12.4. The van der Waals surface area contributed by atoms with Gasteiger partial charge in [-0.1, -0.05) is 0 Å². The number of ketones is 2. The molecule has 0 heterocycles. The van der Waals surface area contributed by atoms with Crippen molar-refractivity contribution < 1.29 is 38.5 Å². The van der Waals surface area contributed by atoms with Crippen LogP contribution in [-0.4, -0.2) is 43.5 Å². The molecule has 0 unspecified atom stereocenters. The first kappa shape index (κ1) is 22.0. The minimum absolute atomic E-state index is 0. The molecule has 2 rings (SSSR count). The second-order valence-electron chi connectivity index (χ2n) is 4.52. The van der Waals surface area contributed by atoms with Gasteiger partial charge >= 0.3 is 0 Å². The molecule has 0 amide bonds. The minimum Gasteiger partial charge on any atom is -0.412 e. The van der Waals surface area contributed by atoms with E-state index in [9.17, 15) is 27.6 Å². The predicted octanol–water partition coefficient (Wildman–Crippen LogP) is -0.367. The molecule has 0 fully saturated rings. The largest absolute Gasteiger partial charge is 0.412 e. The molecule has 2 aromatic rings. The number of carbonyl (C=O) groups excluding carboxylic acids is 4. The molecule has 0 aromatic heterocycles. The lowest BCUT2D eigenvalue weighted by Gasteiger charge is -2.05. The number of aldehydes is 2. The zero-order chi connectivity index (χ0) is 17.0. The van der Waals surface area contributed by atoms with Crippen molar-refractivity contribution in [3.8, 4) is 0 Å². The van der Waals surface area contributed by atoms with E-state index in [2.05, 4.69) is 0 Å². The van der Waals surface area contributed by atoms with Crippen LogP contribution < -0.4 is 0 Å². The van der Waals surface area contributed by atoms with E-state index in [1.54, 1.807) is 0 Å². The number of carbonyl (C=O) groups is 4. The van der Waals surface area contributed by atoms with Gasteiger partial charge in [0.15, 0.2) is 12.6 Å². The summed E-state index contributed by atoms with van der Waals surface area (Å²) in [4.78, 5) is 43.1. The first-order valence-electron chi connectivity index (χ1n) is 6.34. The van der Waals surface area contributed by atoms with E-state index in [1.807, 2.05) is 0 Å². The lowest BCUT2D eigenvalue weighted by atomic mass is 10.1. The van der Waals surface area contributed by atoms with E-state index in [1.165, 1.54) is 48.5 Å². The molecular formula is C16H14O8S. The third-order valence-electron chi connectivity index (χ3n) is 3.11. The van der Waals surface area contributed by atoms with Crippen molar-refractivity contribution in [2.24, 2.45) is 0 Å². The predicted molar refractivity (Wildman–Crippen MR) is 86.4 cm³/mol. The summed E-state index contributed by atoms with van der Waals surface area (Å²) >= 11 is 0. The van der Waals surface area contributed by atoms with Crippen LogP contribution in [0.25, 0.3) is 0 Å². The van der Waals surface area contributed by atoms with Crippen molar-refractivity contribution in [2.75, 3.05) is 0 Å². The average Bonchev–Trinajstić information content (AvgIpc) is 2.60. The van der Waals surface area contributed by atoms with E-state index in [0.29, 0.717) is 0 Å². The fourth-order valence-corrected chi connectivity index (χ4v) is 3.13. The van der Waals surface area contributed by atoms with Gasteiger partial charge < -0.3 is 11.0 Å². The van der Waals surface area contributed by atoms with Crippen LogP contribution in [0.15, 0.2) is 58.3 Å². The molecule has 25 heavy (non-hydrogen) atoms. The van der Waals surface area contributed by atoms with E-state index in [-0.39, 0.29) is 44.4 Å². The molecule has 2 aromatic carbocycles. The Morgan fingerprint density at radius 2 is 0.920 bits per heavy atom. The maximum absolute atomic E-state index is 12.4. The Kier molecular flexibility index (Phi) is 7.68. The van der Waals surface area contributed by atoms with Crippen molar-refractivity contribution >= 4 is 34.0 Å². The van der Waals surface area contributed by atoms with E-state index in [0.717, 1.165) is 0 Å². The Bertz CT molecular complexity index is 811. The van der Waals surface area contributed by atoms with Gasteiger partial charge in [0, 0.05) is 11.1 Å². The highest BCUT2D eigenvalue weighted by molar-refractivity contribution is 7.91. The molecule has 0 radical (unpaired) electrons. The fraction of sp³-hybridized carbons (Fsp3) is 0. The lowest BCUT2D eigenvalue weighted by Crippen LogP contribution is -2.05. The zero-order valence-electron chi connectivity index (χ0n) is 12.6. The number of benzene rings is 2. The summed E-state index contributed by atoms with van der Waals surface area (Å²) in [5.41, 5.74) is 0.178. The SMILES string of the molecule is O.O.O=CC(=O)c1ccc(S(=O)(=O)c2ccc(C(=O)C=O)cc2)cc1. The van der Waals surface area contributed by atoms with Gasteiger partial charge in [-0.2, -0.15) is 0 Å². The lowest BCUT2D eigenvalue weighted by molar-refractivity contribution is -0.105. The fourth-order valence-electron chi connectivity index (χ4n) is 1.87. The van der Waals surface area contributed by atoms with Crippen LogP contribution in [-0.2, 0) is 19.4 Å². The summed E-state index contributed by atoms with van der Waals surface area (Å²) < 4.78 is 24.9. The van der Waals surface area contributed by atoms with Crippen LogP contribution in [0.1, 0.15) is 20.7 Å². The van der Waals surface area contributed by atoms with Crippen LogP contribution in [0.5, 0.6) is 0 Å². The first-order valence-corrected chi connectivity index (χ1v) is 7.82. The maximum Gasteiger partial charge on any atom is 0.225 e. The molecule has 0 atom stereocenters. The number of Topliss-reactive ketones (excluding diaryl/α,β-unsaturated/α-hetero) is 2. The second kappa shape index (κ2) is 8.73. The number of sulfone groups is 1. The van der Waals surface area contributed by atoms with Crippen molar-refractivity contribution in [2.45, 2.75) is 9.79 Å². The van der Waals surface area contributed by atoms with Gasteiger partial charge in [0.05, 0.1) is 9.79 Å². The topological polar surface area (TPSA) is 165 Å². The summed E-state index contributed by atoms with van der Waals surface area (Å²) in [5, 5.41) is 0. The van der Waals surface area contributed by atoms with Crippen molar-refractivity contribution in [1.82, 2.24) is 0 Å². The minimum atomic E-state index is -3.84. The van der Waals surface area contributed by atoms with E-state index < -0.39 is 21.4 Å². The average molecular weight is 366 g/mol. The standard InChI is InChI=1S/C16H10O6S.2H2O/c17-9-15(19)11-1-5-13(6-2-11)23(21,22)14-7-3-12(4-8-14)16(20)10-18;;/h1-10H;2*1H2. The highest BCUT2D eigenvalue weighted by atomic mass is 32.2. The third kappa shape index (κ3) is 4.51. The van der Waals surface area contributed by atoms with Crippen molar-refractivity contribution in [3.63, 3.8) is 0 Å². The van der Waals surface area contributed by atoms with Gasteiger partial charge in [0.1, 0.15) is 0 Å².